The van der Waals surface area contributed by atoms with Crippen LogP contribution in [0.1, 0.15) is 39.7 Å². The molecule has 0 spiro atoms. The fourth-order valence-electron chi connectivity index (χ4n) is 4.44. The molecule has 0 bridgehead atoms. The standard InChI is InChI=1S/C25H28N4O3S/c1-16-17(2)27-29(22-9-5-8-21-20(22)7-6-14-26-21)24(16)28-33(30,31)19-10-11-23-18(15-19)12-13-25(3,4)32-23/h5-11,14-16,24,28H,12-13H2,1-4H3. The van der Waals surface area contributed by atoms with E-state index in [0.717, 1.165) is 46.5 Å². The molecule has 2 atom stereocenters. The van der Waals surface area contributed by atoms with Crippen LogP contribution in [-0.2, 0) is 16.4 Å². The summed E-state index contributed by atoms with van der Waals surface area (Å²) in [6.45, 7) is 8.00. The number of aryl methyl sites for hydroxylation is 1. The van der Waals surface area contributed by atoms with Gasteiger partial charge in [-0.3, -0.25) is 4.98 Å². The van der Waals surface area contributed by atoms with Crippen LogP contribution in [0, 0.1) is 5.92 Å². The van der Waals surface area contributed by atoms with Crippen LogP contribution in [0.3, 0.4) is 0 Å². The molecule has 2 aliphatic heterocycles. The highest BCUT2D eigenvalue weighted by Crippen LogP contribution is 2.36. The molecule has 8 heteroatoms. The monoisotopic (exact) mass is 464 g/mol. The molecule has 7 nitrogen and oxygen atoms in total. The number of pyridine rings is 1. The van der Waals surface area contributed by atoms with E-state index < -0.39 is 16.2 Å². The molecule has 2 aliphatic rings. The third-order valence-corrected chi connectivity index (χ3v) is 7.96. The molecular formula is C25H28N4O3S. The van der Waals surface area contributed by atoms with E-state index in [1.165, 1.54) is 0 Å². The number of benzene rings is 2. The van der Waals surface area contributed by atoms with Crippen LogP contribution in [0.4, 0.5) is 5.69 Å². The highest BCUT2D eigenvalue weighted by atomic mass is 32.2. The zero-order valence-corrected chi connectivity index (χ0v) is 20.1. The molecule has 5 rings (SSSR count). The van der Waals surface area contributed by atoms with Crippen LogP contribution in [0.15, 0.2) is 64.7 Å². The number of rotatable bonds is 4. The predicted octanol–water partition coefficient (Wildman–Crippen LogP) is 4.48. The van der Waals surface area contributed by atoms with Gasteiger partial charge in [0, 0.05) is 23.2 Å². The van der Waals surface area contributed by atoms with E-state index in [0.29, 0.717) is 0 Å². The van der Waals surface area contributed by atoms with Gasteiger partial charge in [0.2, 0.25) is 10.0 Å². The van der Waals surface area contributed by atoms with Crippen molar-refractivity contribution in [3.05, 3.63) is 60.3 Å². The van der Waals surface area contributed by atoms with E-state index in [9.17, 15) is 8.42 Å². The van der Waals surface area contributed by atoms with Crippen LogP contribution < -0.4 is 14.5 Å². The number of aromatic nitrogens is 1. The first kappa shape index (κ1) is 21.9. The van der Waals surface area contributed by atoms with Gasteiger partial charge in [-0.2, -0.15) is 9.82 Å². The number of fused-ring (bicyclic) bond motifs is 2. The van der Waals surface area contributed by atoms with E-state index in [2.05, 4.69) is 9.71 Å². The molecule has 1 aromatic heterocycles. The van der Waals surface area contributed by atoms with Gasteiger partial charge in [-0.25, -0.2) is 13.4 Å². The Balaban J connectivity index is 1.48. The molecule has 3 aromatic rings. The highest BCUT2D eigenvalue weighted by molar-refractivity contribution is 7.89. The van der Waals surface area contributed by atoms with Gasteiger partial charge >= 0.3 is 0 Å². The van der Waals surface area contributed by atoms with Crippen molar-refractivity contribution in [1.29, 1.82) is 0 Å². The Bertz CT molecular complexity index is 1360. The third-order valence-electron chi connectivity index (χ3n) is 6.53. The zero-order chi connectivity index (χ0) is 23.4. The predicted molar refractivity (Wildman–Crippen MR) is 130 cm³/mol. The van der Waals surface area contributed by atoms with E-state index in [-0.39, 0.29) is 16.4 Å². The lowest BCUT2D eigenvalue weighted by Crippen LogP contribution is -2.47. The molecule has 172 valence electrons. The van der Waals surface area contributed by atoms with Gasteiger partial charge < -0.3 is 4.74 Å². The van der Waals surface area contributed by atoms with Crippen molar-refractivity contribution in [3.63, 3.8) is 0 Å². The summed E-state index contributed by atoms with van der Waals surface area (Å²) in [5.41, 5.74) is 3.19. The lowest BCUT2D eigenvalue weighted by atomic mass is 9.94. The topological polar surface area (TPSA) is 83.9 Å². The number of ether oxygens (including phenoxy) is 1. The smallest absolute Gasteiger partial charge is 0.242 e. The first-order valence-electron chi connectivity index (χ1n) is 11.2. The number of anilines is 1. The second-order valence-corrected chi connectivity index (χ2v) is 11.1. The Labute approximate surface area is 194 Å². The summed E-state index contributed by atoms with van der Waals surface area (Å²) in [6, 6.07) is 14.7. The van der Waals surface area contributed by atoms with Crippen LogP contribution >= 0.6 is 0 Å². The van der Waals surface area contributed by atoms with Crippen LogP contribution in [0.2, 0.25) is 0 Å². The lowest BCUT2D eigenvalue weighted by molar-refractivity contribution is 0.0845. The van der Waals surface area contributed by atoms with Crippen molar-refractivity contribution in [3.8, 4) is 5.75 Å². The van der Waals surface area contributed by atoms with Crippen molar-refractivity contribution < 1.29 is 13.2 Å². The van der Waals surface area contributed by atoms with Gasteiger partial charge in [-0.1, -0.05) is 13.0 Å². The van der Waals surface area contributed by atoms with E-state index in [1.54, 1.807) is 29.4 Å². The largest absolute Gasteiger partial charge is 0.488 e. The minimum absolute atomic E-state index is 0.103. The minimum atomic E-state index is -3.79. The van der Waals surface area contributed by atoms with E-state index >= 15 is 0 Å². The van der Waals surface area contributed by atoms with Crippen molar-refractivity contribution in [2.75, 3.05) is 5.01 Å². The van der Waals surface area contributed by atoms with Crippen molar-refractivity contribution in [2.45, 2.75) is 57.2 Å². The second-order valence-electron chi connectivity index (χ2n) is 9.42. The maximum atomic E-state index is 13.5. The summed E-state index contributed by atoms with van der Waals surface area (Å²) >= 11 is 0. The van der Waals surface area contributed by atoms with E-state index in [4.69, 9.17) is 9.84 Å². The van der Waals surface area contributed by atoms with Gasteiger partial charge in [0.15, 0.2) is 0 Å². The Morgan fingerprint density at radius 1 is 1.15 bits per heavy atom. The molecule has 0 fully saturated rings. The SMILES string of the molecule is CC1=NN(c2cccc3ncccc23)C(NS(=O)(=O)c2ccc3c(c2)CCC(C)(C)O3)C1C. The van der Waals surface area contributed by atoms with Gasteiger partial charge in [0.1, 0.15) is 17.5 Å². The first-order valence-corrected chi connectivity index (χ1v) is 12.7. The average molecular weight is 465 g/mol. The Morgan fingerprint density at radius 2 is 1.97 bits per heavy atom. The van der Waals surface area contributed by atoms with Crippen molar-refractivity contribution in [1.82, 2.24) is 9.71 Å². The number of hydrogen-bond donors (Lipinski definition) is 1. The molecule has 3 heterocycles. The molecule has 0 saturated heterocycles. The molecule has 0 saturated carbocycles. The third kappa shape index (κ3) is 3.98. The quantitative estimate of drug-likeness (QED) is 0.616. The van der Waals surface area contributed by atoms with Crippen molar-refractivity contribution >= 4 is 32.3 Å². The highest BCUT2D eigenvalue weighted by Gasteiger charge is 2.37. The summed E-state index contributed by atoms with van der Waals surface area (Å²) in [5.74, 6) is 0.650. The van der Waals surface area contributed by atoms with Gasteiger partial charge in [0.25, 0.3) is 0 Å². The normalized spacial score (nSPS) is 22.1. The Kier molecular flexibility index (Phi) is 5.17. The average Bonchev–Trinajstić information content (AvgIpc) is 3.05. The summed E-state index contributed by atoms with van der Waals surface area (Å²) in [5, 5.41) is 7.40. The van der Waals surface area contributed by atoms with E-state index in [1.807, 2.05) is 58.0 Å². The number of hydrogen-bond acceptors (Lipinski definition) is 6. The fourth-order valence-corrected chi connectivity index (χ4v) is 5.74. The molecule has 1 N–H and O–H groups in total. The molecule has 0 amide bonds. The molecule has 2 unspecified atom stereocenters. The Morgan fingerprint density at radius 3 is 2.79 bits per heavy atom. The van der Waals surface area contributed by atoms with Gasteiger partial charge in [-0.05, 0) is 81.6 Å². The number of nitrogens with zero attached hydrogens (tertiary/aromatic N) is 3. The fraction of sp³-hybridized carbons (Fsp3) is 0.360. The molecule has 2 aromatic carbocycles. The summed E-state index contributed by atoms with van der Waals surface area (Å²) in [6.07, 6.45) is 2.82. The Hall–Kier alpha value is -2.97. The minimum Gasteiger partial charge on any atom is -0.488 e. The molecule has 0 radical (unpaired) electrons. The summed E-state index contributed by atoms with van der Waals surface area (Å²) in [4.78, 5) is 4.66. The number of hydrazone groups is 1. The second kappa shape index (κ2) is 7.81. The van der Waals surface area contributed by atoms with Crippen molar-refractivity contribution in [2.24, 2.45) is 11.0 Å². The first-order chi connectivity index (χ1) is 15.6. The maximum Gasteiger partial charge on any atom is 0.242 e. The van der Waals surface area contributed by atoms with Gasteiger partial charge in [0.05, 0.1) is 16.1 Å². The number of sulfonamides is 1. The van der Waals surface area contributed by atoms with Crippen LogP contribution in [-0.4, -0.2) is 30.9 Å². The molecular weight excluding hydrogens is 436 g/mol. The zero-order valence-electron chi connectivity index (χ0n) is 19.2. The maximum absolute atomic E-state index is 13.5. The van der Waals surface area contributed by atoms with Crippen LogP contribution in [0.25, 0.3) is 10.9 Å². The molecule has 0 aliphatic carbocycles. The van der Waals surface area contributed by atoms with Gasteiger partial charge in [-0.15, -0.1) is 0 Å². The number of nitrogens with one attached hydrogen (secondary N) is 1. The molecule has 33 heavy (non-hydrogen) atoms. The summed E-state index contributed by atoms with van der Waals surface area (Å²) in [7, 11) is -3.79. The van der Waals surface area contributed by atoms with Crippen LogP contribution in [0.5, 0.6) is 5.75 Å². The lowest BCUT2D eigenvalue weighted by Gasteiger charge is -2.33. The summed E-state index contributed by atoms with van der Waals surface area (Å²) < 4.78 is 35.8.